The summed E-state index contributed by atoms with van der Waals surface area (Å²) in [5.74, 6) is -0.0163. The third-order valence-electron chi connectivity index (χ3n) is 4.77. The lowest BCUT2D eigenvalue weighted by Gasteiger charge is -2.15. The van der Waals surface area contributed by atoms with Crippen LogP contribution in [-0.2, 0) is 11.3 Å². The van der Waals surface area contributed by atoms with E-state index in [0.29, 0.717) is 25.7 Å². The van der Waals surface area contributed by atoms with Crippen molar-refractivity contribution in [2.24, 2.45) is 0 Å². The van der Waals surface area contributed by atoms with Gasteiger partial charge in [0.25, 0.3) is 11.5 Å². The van der Waals surface area contributed by atoms with E-state index in [1.807, 2.05) is 18.2 Å². The van der Waals surface area contributed by atoms with Crippen molar-refractivity contribution in [2.75, 3.05) is 11.9 Å². The number of carbonyl (C=O) groups excluding carboxylic acids is 1. The fourth-order valence-corrected chi connectivity index (χ4v) is 4.61. The van der Waals surface area contributed by atoms with E-state index in [2.05, 4.69) is 10.3 Å². The van der Waals surface area contributed by atoms with Crippen LogP contribution in [0, 0.1) is 0 Å². The van der Waals surface area contributed by atoms with Crippen LogP contribution in [0.2, 0.25) is 5.02 Å². The maximum absolute atomic E-state index is 13.2. The van der Waals surface area contributed by atoms with Crippen molar-refractivity contribution >= 4 is 63.3 Å². The van der Waals surface area contributed by atoms with Gasteiger partial charge in [0.05, 0.1) is 23.1 Å². The van der Waals surface area contributed by atoms with Crippen molar-refractivity contribution in [2.45, 2.75) is 19.6 Å². The Labute approximate surface area is 198 Å². The Morgan fingerprint density at radius 3 is 2.75 bits per heavy atom. The maximum atomic E-state index is 13.2. The van der Waals surface area contributed by atoms with E-state index in [-0.39, 0.29) is 30.1 Å². The van der Waals surface area contributed by atoms with Crippen LogP contribution in [0.25, 0.3) is 11.7 Å². The molecule has 1 atom stereocenters. The van der Waals surface area contributed by atoms with Gasteiger partial charge in [-0.3, -0.25) is 18.9 Å². The van der Waals surface area contributed by atoms with Gasteiger partial charge in [0, 0.05) is 17.8 Å². The maximum Gasteiger partial charge on any atom is 0.267 e. The minimum Gasteiger partial charge on any atom is -0.392 e. The lowest BCUT2D eigenvalue weighted by Crippen LogP contribution is -2.27. The summed E-state index contributed by atoms with van der Waals surface area (Å²) in [5.41, 5.74) is 1.11. The second-order valence-corrected chi connectivity index (χ2v) is 9.28. The molecule has 0 radical (unpaired) electrons. The molecule has 4 rings (SSSR count). The number of hydrogen-bond donors (Lipinski definition) is 2. The highest BCUT2D eigenvalue weighted by molar-refractivity contribution is 8.26. The van der Waals surface area contributed by atoms with Gasteiger partial charge in [0.15, 0.2) is 0 Å². The van der Waals surface area contributed by atoms with E-state index in [1.54, 1.807) is 37.4 Å². The molecule has 2 N–H and O–H groups in total. The van der Waals surface area contributed by atoms with Crippen LogP contribution in [0.3, 0.4) is 0 Å². The van der Waals surface area contributed by atoms with E-state index in [9.17, 15) is 14.7 Å². The molecule has 32 heavy (non-hydrogen) atoms. The molecule has 3 heterocycles. The summed E-state index contributed by atoms with van der Waals surface area (Å²) in [6, 6.07) is 12.5. The topological polar surface area (TPSA) is 86.9 Å². The van der Waals surface area contributed by atoms with Crippen LogP contribution in [0.4, 0.5) is 5.82 Å². The first-order chi connectivity index (χ1) is 15.3. The Balaban J connectivity index is 1.73. The fourth-order valence-electron chi connectivity index (χ4n) is 3.18. The number of thioether (sulfide) groups is 1. The van der Waals surface area contributed by atoms with Crippen LogP contribution in [-0.4, -0.2) is 42.3 Å². The summed E-state index contributed by atoms with van der Waals surface area (Å²) in [7, 11) is 0. The highest BCUT2D eigenvalue weighted by Crippen LogP contribution is 2.34. The highest BCUT2D eigenvalue weighted by atomic mass is 35.5. The largest absolute Gasteiger partial charge is 0.392 e. The molecule has 7 nitrogen and oxygen atoms in total. The van der Waals surface area contributed by atoms with E-state index >= 15 is 0 Å². The molecule has 1 fully saturated rings. The van der Waals surface area contributed by atoms with Crippen molar-refractivity contribution in [1.29, 1.82) is 0 Å². The molecule has 10 heteroatoms. The Morgan fingerprint density at radius 1 is 1.25 bits per heavy atom. The Morgan fingerprint density at radius 2 is 2.00 bits per heavy atom. The van der Waals surface area contributed by atoms with E-state index in [0.717, 1.165) is 17.3 Å². The van der Waals surface area contributed by atoms with E-state index < -0.39 is 6.10 Å². The molecule has 0 saturated carbocycles. The number of aliphatic hydroxyl groups is 1. The van der Waals surface area contributed by atoms with Crippen molar-refractivity contribution < 1.29 is 9.90 Å². The van der Waals surface area contributed by atoms with Gasteiger partial charge in [-0.15, -0.1) is 0 Å². The average Bonchev–Trinajstić information content (AvgIpc) is 3.03. The van der Waals surface area contributed by atoms with Gasteiger partial charge in [-0.2, -0.15) is 0 Å². The second kappa shape index (κ2) is 9.41. The number of nitrogens with zero attached hydrogens (tertiary/aromatic N) is 3. The first-order valence-electron chi connectivity index (χ1n) is 9.77. The van der Waals surface area contributed by atoms with Crippen LogP contribution in [0.5, 0.6) is 0 Å². The molecule has 2 aromatic heterocycles. The standard InChI is InChI=1S/C22H19ClN4O3S2/c1-13(28)11-24-19-15(20(29)26-9-5-4-8-18(26)25-19)10-17-21(30)27(22(31)32-17)12-14-6-2-3-7-16(14)23/h2-10,13,24,28H,11-12H2,1H3/b17-10-/t13-/m0/s1. The van der Waals surface area contributed by atoms with Crippen LogP contribution in [0.15, 0.2) is 58.4 Å². The second-order valence-electron chi connectivity index (χ2n) is 7.20. The first-order valence-corrected chi connectivity index (χ1v) is 11.4. The van der Waals surface area contributed by atoms with Gasteiger partial charge >= 0.3 is 0 Å². The number of benzene rings is 1. The molecule has 1 saturated heterocycles. The van der Waals surface area contributed by atoms with Crippen molar-refractivity contribution in [1.82, 2.24) is 14.3 Å². The number of hydrogen-bond acceptors (Lipinski definition) is 7. The zero-order chi connectivity index (χ0) is 22.8. The summed E-state index contributed by atoms with van der Waals surface area (Å²) in [4.78, 5) is 32.6. The quantitative estimate of drug-likeness (QED) is 0.407. The van der Waals surface area contributed by atoms with E-state index in [1.165, 1.54) is 15.4 Å². The normalized spacial score (nSPS) is 16.2. The van der Waals surface area contributed by atoms with Gasteiger partial charge in [0.1, 0.15) is 15.8 Å². The number of anilines is 1. The van der Waals surface area contributed by atoms with Gasteiger partial charge in [0.2, 0.25) is 0 Å². The highest BCUT2D eigenvalue weighted by Gasteiger charge is 2.33. The van der Waals surface area contributed by atoms with Crippen molar-refractivity contribution in [3.63, 3.8) is 0 Å². The number of rotatable bonds is 6. The lowest BCUT2D eigenvalue weighted by molar-refractivity contribution is -0.122. The van der Waals surface area contributed by atoms with Gasteiger partial charge < -0.3 is 10.4 Å². The van der Waals surface area contributed by atoms with Gasteiger partial charge in [-0.1, -0.05) is 59.8 Å². The monoisotopic (exact) mass is 486 g/mol. The summed E-state index contributed by atoms with van der Waals surface area (Å²) >= 11 is 12.8. The number of fused-ring (bicyclic) bond motifs is 1. The van der Waals surface area contributed by atoms with Gasteiger partial charge in [-0.05, 0) is 36.8 Å². The molecule has 0 aliphatic carbocycles. The number of thiocarbonyl (C=S) groups is 1. The molecule has 3 aromatic rings. The number of nitrogens with one attached hydrogen (secondary N) is 1. The SMILES string of the molecule is C[C@H](O)CNc1nc2ccccn2c(=O)c1/C=C1\SC(=S)N(Cc2ccccc2Cl)C1=O. The average molecular weight is 487 g/mol. The number of aliphatic hydroxyl groups excluding tert-OH is 1. The molecule has 0 unspecified atom stereocenters. The van der Waals surface area contributed by atoms with Gasteiger partial charge in [-0.25, -0.2) is 4.98 Å². The minimum absolute atomic E-state index is 0.198. The van der Waals surface area contributed by atoms with Crippen molar-refractivity contribution in [3.05, 3.63) is 80.1 Å². The smallest absolute Gasteiger partial charge is 0.267 e. The summed E-state index contributed by atoms with van der Waals surface area (Å²) < 4.78 is 1.79. The van der Waals surface area contributed by atoms with E-state index in [4.69, 9.17) is 23.8 Å². The molecule has 0 spiro atoms. The molecule has 1 aliphatic heterocycles. The molecular formula is C22H19ClN4O3S2. The lowest BCUT2D eigenvalue weighted by atomic mass is 10.2. The zero-order valence-corrected chi connectivity index (χ0v) is 19.4. The Bertz CT molecular complexity index is 1310. The van der Waals surface area contributed by atoms with Crippen LogP contribution < -0.4 is 10.9 Å². The molecule has 1 aliphatic rings. The molecule has 0 bridgehead atoms. The van der Waals surface area contributed by atoms with Crippen LogP contribution in [0.1, 0.15) is 18.1 Å². The Hall–Kier alpha value is -2.72. The summed E-state index contributed by atoms with van der Waals surface area (Å²) in [5, 5.41) is 13.2. The predicted octanol–water partition coefficient (Wildman–Crippen LogP) is 3.54. The third kappa shape index (κ3) is 4.56. The first kappa shape index (κ1) is 22.5. The summed E-state index contributed by atoms with van der Waals surface area (Å²) in [6.07, 6.45) is 2.47. The number of aromatic nitrogens is 2. The predicted molar refractivity (Wildman–Crippen MR) is 132 cm³/mol. The fraction of sp³-hybridized carbons (Fsp3) is 0.182. The molecule has 1 aromatic carbocycles. The number of carbonyl (C=O) groups is 1. The summed E-state index contributed by atoms with van der Waals surface area (Å²) in [6.45, 7) is 2.06. The number of amides is 1. The Kier molecular flexibility index (Phi) is 6.61. The molecular weight excluding hydrogens is 468 g/mol. The molecule has 164 valence electrons. The third-order valence-corrected chi connectivity index (χ3v) is 6.52. The minimum atomic E-state index is -0.646. The van der Waals surface area contributed by atoms with Crippen molar-refractivity contribution in [3.8, 4) is 0 Å². The zero-order valence-electron chi connectivity index (χ0n) is 17.0. The number of pyridine rings is 1. The molecule has 1 amide bonds. The number of halogens is 1. The van der Waals surface area contributed by atoms with Crippen LogP contribution >= 0.6 is 35.6 Å².